The number of carbonyl (C=O) groups excluding carboxylic acids is 2. The first kappa shape index (κ1) is 10.9. The molecule has 0 heterocycles. The normalized spacial score (nSPS) is 8.93. The Balaban J connectivity index is 2.98. The van der Waals surface area contributed by atoms with E-state index in [9.17, 15) is 9.59 Å². The van der Waals surface area contributed by atoms with E-state index in [4.69, 9.17) is 0 Å². The highest BCUT2D eigenvalue weighted by atomic mass is 16.2. The van der Waals surface area contributed by atoms with Crippen LogP contribution >= 0.6 is 0 Å². The van der Waals surface area contributed by atoms with Crippen molar-refractivity contribution >= 4 is 23.5 Å². The second kappa shape index (κ2) is 4.93. The van der Waals surface area contributed by atoms with Crippen molar-refractivity contribution in [1.82, 2.24) is 5.32 Å². The van der Waals surface area contributed by atoms with Crippen LogP contribution in [0.25, 0.3) is 0 Å². The van der Waals surface area contributed by atoms with Gasteiger partial charge in [0.1, 0.15) is 0 Å². The van der Waals surface area contributed by atoms with Gasteiger partial charge >= 0.3 is 6.03 Å². The van der Waals surface area contributed by atoms with Gasteiger partial charge < -0.3 is 10.6 Å². The van der Waals surface area contributed by atoms with Crippen LogP contribution in [0.3, 0.4) is 0 Å². The molecule has 0 radical (unpaired) electrons. The third kappa shape index (κ3) is 3.25. The molecule has 0 saturated carbocycles. The van der Waals surface area contributed by atoms with Crippen molar-refractivity contribution < 1.29 is 9.59 Å². The Hall–Kier alpha value is -2.13. The number of urea groups is 1. The molecule has 0 aliphatic carbocycles. The summed E-state index contributed by atoms with van der Waals surface area (Å²) in [5.74, 6) is 0. The van der Waals surface area contributed by atoms with E-state index in [2.05, 4.69) is 15.6 Å². The van der Waals surface area contributed by atoms with Gasteiger partial charge in [-0.3, -0.25) is 0 Å². The summed E-state index contributed by atoms with van der Waals surface area (Å²) in [6, 6.07) is 4.77. The molecule has 0 fully saturated rings. The van der Waals surface area contributed by atoms with Crippen LogP contribution in [0.15, 0.2) is 23.2 Å². The monoisotopic (exact) mass is 205 g/mol. The van der Waals surface area contributed by atoms with Crippen LogP contribution in [0.5, 0.6) is 0 Å². The molecule has 0 unspecified atom stereocenters. The van der Waals surface area contributed by atoms with Gasteiger partial charge in [0.25, 0.3) is 0 Å². The minimum atomic E-state index is -0.318. The third-order valence-corrected chi connectivity index (χ3v) is 1.72. The Bertz CT molecular complexity index is 423. The minimum Gasteiger partial charge on any atom is -0.341 e. The van der Waals surface area contributed by atoms with Gasteiger partial charge in [-0.2, -0.15) is 4.99 Å². The van der Waals surface area contributed by atoms with Crippen LogP contribution in [-0.4, -0.2) is 19.2 Å². The number of nitrogens with zero attached hydrogens (tertiary/aromatic N) is 1. The molecular weight excluding hydrogens is 194 g/mol. The van der Waals surface area contributed by atoms with Crippen molar-refractivity contribution in [2.24, 2.45) is 4.99 Å². The van der Waals surface area contributed by atoms with Crippen molar-refractivity contribution in [3.05, 3.63) is 23.8 Å². The Morgan fingerprint density at radius 2 is 2.13 bits per heavy atom. The van der Waals surface area contributed by atoms with Gasteiger partial charge in [-0.15, -0.1) is 0 Å². The number of nitrogens with one attached hydrogen (secondary N) is 2. The molecule has 2 amide bonds. The zero-order valence-electron chi connectivity index (χ0n) is 8.50. The number of hydrogen-bond donors (Lipinski definition) is 2. The lowest BCUT2D eigenvalue weighted by Crippen LogP contribution is -2.24. The molecule has 0 atom stereocenters. The maximum absolute atomic E-state index is 11.0. The lowest BCUT2D eigenvalue weighted by molar-refractivity contribution is 0.254. The van der Waals surface area contributed by atoms with Crippen LogP contribution in [0.2, 0.25) is 0 Å². The third-order valence-electron chi connectivity index (χ3n) is 1.72. The molecule has 5 nitrogen and oxygen atoms in total. The van der Waals surface area contributed by atoms with Crippen molar-refractivity contribution in [1.29, 1.82) is 0 Å². The van der Waals surface area contributed by atoms with Crippen molar-refractivity contribution in [3.63, 3.8) is 0 Å². The highest BCUT2D eigenvalue weighted by Crippen LogP contribution is 2.20. The summed E-state index contributed by atoms with van der Waals surface area (Å²) in [7, 11) is 1.52. The number of amides is 2. The average Bonchev–Trinajstić information content (AvgIpc) is 2.17. The molecule has 15 heavy (non-hydrogen) atoms. The quantitative estimate of drug-likeness (QED) is 0.570. The maximum Gasteiger partial charge on any atom is 0.318 e. The van der Waals surface area contributed by atoms with Gasteiger partial charge in [0.2, 0.25) is 6.08 Å². The molecule has 0 aromatic heterocycles. The van der Waals surface area contributed by atoms with Crippen LogP contribution in [0, 0.1) is 6.92 Å². The lowest BCUT2D eigenvalue weighted by Gasteiger charge is -2.05. The largest absolute Gasteiger partial charge is 0.341 e. The first-order valence-corrected chi connectivity index (χ1v) is 4.34. The average molecular weight is 205 g/mol. The number of isocyanates is 1. The van der Waals surface area contributed by atoms with Gasteiger partial charge in [0.15, 0.2) is 0 Å². The SMILES string of the molecule is CNC(=O)Nc1cc(C)cc(N=C=O)c1. The second-order valence-corrected chi connectivity index (χ2v) is 2.96. The van der Waals surface area contributed by atoms with Crippen molar-refractivity contribution in [2.45, 2.75) is 6.92 Å². The van der Waals surface area contributed by atoms with E-state index < -0.39 is 0 Å². The molecule has 0 aliphatic heterocycles. The topological polar surface area (TPSA) is 70.6 Å². The molecule has 1 rings (SSSR count). The fourth-order valence-electron chi connectivity index (χ4n) is 1.15. The van der Waals surface area contributed by atoms with Gasteiger partial charge in [0.05, 0.1) is 5.69 Å². The number of benzene rings is 1. The van der Waals surface area contributed by atoms with E-state index in [0.717, 1.165) is 5.56 Å². The Morgan fingerprint density at radius 1 is 1.40 bits per heavy atom. The van der Waals surface area contributed by atoms with Gasteiger partial charge in [-0.1, -0.05) is 0 Å². The standard InChI is InChI=1S/C10H11N3O2/c1-7-3-8(12-6-14)5-9(4-7)13-10(15)11-2/h3-5H,1-2H3,(H2,11,13,15). The molecule has 0 aliphatic rings. The van der Waals surface area contributed by atoms with Gasteiger partial charge in [-0.25, -0.2) is 9.59 Å². The zero-order chi connectivity index (χ0) is 11.3. The predicted molar refractivity (Wildman–Crippen MR) is 57.0 cm³/mol. The molecule has 1 aromatic rings. The smallest absolute Gasteiger partial charge is 0.318 e. The number of aryl methyl sites for hydroxylation is 1. The van der Waals surface area contributed by atoms with Gasteiger partial charge in [0, 0.05) is 12.7 Å². The van der Waals surface area contributed by atoms with Crippen LogP contribution in [-0.2, 0) is 4.79 Å². The summed E-state index contributed by atoms with van der Waals surface area (Å²) >= 11 is 0. The summed E-state index contributed by atoms with van der Waals surface area (Å²) < 4.78 is 0. The molecule has 0 saturated heterocycles. The first-order valence-electron chi connectivity index (χ1n) is 4.34. The minimum absolute atomic E-state index is 0.318. The van der Waals surface area contributed by atoms with E-state index >= 15 is 0 Å². The van der Waals surface area contributed by atoms with E-state index in [1.807, 2.05) is 6.92 Å². The number of hydrogen-bond acceptors (Lipinski definition) is 3. The van der Waals surface area contributed by atoms with Crippen LogP contribution < -0.4 is 10.6 Å². The Kier molecular flexibility index (Phi) is 3.60. The number of rotatable bonds is 2. The summed E-state index contributed by atoms with van der Waals surface area (Å²) in [4.78, 5) is 24.6. The van der Waals surface area contributed by atoms with E-state index in [1.54, 1.807) is 18.2 Å². The number of anilines is 1. The summed E-state index contributed by atoms with van der Waals surface area (Å²) in [6.07, 6.45) is 1.45. The van der Waals surface area contributed by atoms with Crippen LogP contribution in [0.4, 0.5) is 16.2 Å². The molecule has 5 heteroatoms. The first-order chi connectivity index (χ1) is 7.15. The second-order valence-electron chi connectivity index (χ2n) is 2.96. The molecular formula is C10H11N3O2. The molecule has 78 valence electrons. The summed E-state index contributed by atoms with van der Waals surface area (Å²) in [6.45, 7) is 1.85. The van der Waals surface area contributed by atoms with E-state index in [0.29, 0.717) is 11.4 Å². The number of carbonyl (C=O) groups is 1. The van der Waals surface area contributed by atoms with Crippen molar-refractivity contribution in [2.75, 3.05) is 12.4 Å². The fraction of sp³-hybridized carbons (Fsp3) is 0.200. The maximum atomic E-state index is 11.0. The zero-order valence-corrected chi connectivity index (χ0v) is 8.50. The highest BCUT2D eigenvalue weighted by molar-refractivity contribution is 5.89. The highest BCUT2D eigenvalue weighted by Gasteiger charge is 2.01. The van der Waals surface area contributed by atoms with E-state index in [1.165, 1.54) is 13.1 Å². The molecule has 1 aromatic carbocycles. The van der Waals surface area contributed by atoms with Crippen molar-refractivity contribution in [3.8, 4) is 0 Å². The summed E-state index contributed by atoms with van der Waals surface area (Å²) in [5, 5.41) is 5.02. The summed E-state index contributed by atoms with van der Waals surface area (Å²) in [5.41, 5.74) is 1.96. The Morgan fingerprint density at radius 3 is 2.73 bits per heavy atom. The Labute approximate surface area is 87.2 Å². The molecule has 0 bridgehead atoms. The van der Waals surface area contributed by atoms with E-state index in [-0.39, 0.29) is 6.03 Å². The fourth-order valence-corrected chi connectivity index (χ4v) is 1.15. The molecule has 0 spiro atoms. The predicted octanol–water partition coefficient (Wildman–Crippen LogP) is 1.71. The van der Waals surface area contributed by atoms with Gasteiger partial charge in [-0.05, 0) is 30.7 Å². The van der Waals surface area contributed by atoms with Crippen LogP contribution in [0.1, 0.15) is 5.56 Å². The molecule has 2 N–H and O–H groups in total. The number of aliphatic imine (C=N–C) groups is 1. The lowest BCUT2D eigenvalue weighted by atomic mass is 10.2.